The SMILES string of the molecule is CS(=O)(=O)CCCNC(=O)c1ccc(Br)o1. The van der Waals surface area contributed by atoms with E-state index in [-0.39, 0.29) is 17.4 Å². The number of nitrogens with one attached hydrogen (secondary N) is 1. The minimum Gasteiger partial charge on any atom is -0.444 e. The van der Waals surface area contributed by atoms with E-state index in [4.69, 9.17) is 4.42 Å². The van der Waals surface area contributed by atoms with Crippen molar-refractivity contribution >= 4 is 31.7 Å². The first kappa shape index (κ1) is 13.2. The van der Waals surface area contributed by atoms with Crippen LogP contribution < -0.4 is 5.32 Å². The Bertz CT molecular complexity index is 466. The zero-order chi connectivity index (χ0) is 12.2. The number of sulfone groups is 1. The monoisotopic (exact) mass is 309 g/mol. The number of carbonyl (C=O) groups is 1. The van der Waals surface area contributed by atoms with Crippen molar-refractivity contribution in [3.05, 3.63) is 22.6 Å². The first-order valence-electron chi connectivity index (χ1n) is 4.60. The quantitative estimate of drug-likeness (QED) is 0.829. The third kappa shape index (κ3) is 4.80. The van der Waals surface area contributed by atoms with E-state index < -0.39 is 9.84 Å². The van der Waals surface area contributed by atoms with Gasteiger partial charge in [-0.1, -0.05) is 0 Å². The lowest BCUT2D eigenvalue weighted by atomic mass is 10.4. The summed E-state index contributed by atoms with van der Waals surface area (Å²) in [5.41, 5.74) is 0. The summed E-state index contributed by atoms with van der Waals surface area (Å²) in [7, 11) is -2.96. The van der Waals surface area contributed by atoms with Gasteiger partial charge in [-0.05, 0) is 34.5 Å². The molecule has 0 aliphatic heterocycles. The van der Waals surface area contributed by atoms with Crippen molar-refractivity contribution in [2.24, 2.45) is 0 Å². The van der Waals surface area contributed by atoms with E-state index in [1.165, 1.54) is 12.3 Å². The van der Waals surface area contributed by atoms with Crippen molar-refractivity contribution in [1.29, 1.82) is 0 Å². The minimum absolute atomic E-state index is 0.0646. The van der Waals surface area contributed by atoms with Crippen molar-refractivity contribution in [3.63, 3.8) is 0 Å². The molecule has 1 heterocycles. The van der Waals surface area contributed by atoms with Gasteiger partial charge in [-0.3, -0.25) is 4.79 Å². The van der Waals surface area contributed by atoms with Gasteiger partial charge in [0, 0.05) is 12.8 Å². The van der Waals surface area contributed by atoms with E-state index in [1.807, 2.05) is 0 Å². The van der Waals surface area contributed by atoms with Crippen molar-refractivity contribution in [3.8, 4) is 0 Å². The van der Waals surface area contributed by atoms with Gasteiger partial charge < -0.3 is 9.73 Å². The molecule has 0 aliphatic rings. The normalized spacial score (nSPS) is 11.4. The van der Waals surface area contributed by atoms with Crippen LogP contribution in [0.4, 0.5) is 0 Å². The van der Waals surface area contributed by atoms with Gasteiger partial charge in [0.05, 0.1) is 5.75 Å². The van der Waals surface area contributed by atoms with E-state index in [0.29, 0.717) is 17.6 Å². The van der Waals surface area contributed by atoms with Crippen LogP contribution in [0, 0.1) is 0 Å². The zero-order valence-corrected chi connectivity index (χ0v) is 11.1. The van der Waals surface area contributed by atoms with Crippen LogP contribution in [0.1, 0.15) is 17.0 Å². The summed E-state index contributed by atoms with van der Waals surface area (Å²) in [5, 5.41) is 2.57. The minimum atomic E-state index is -2.96. The van der Waals surface area contributed by atoms with Crippen LogP contribution in [0.15, 0.2) is 21.2 Å². The number of carbonyl (C=O) groups excluding carboxylic acids is 1. The zero-order valence-electron chi connectivity index (χ0n) is 8.70. The molecule has 0 saturated carbocycles. The number of hydrogen-bond acceptors (Lipinski definition) is 4. The molecule has 1 N–H and O–H groups in total. The molecule has 16 heavy (non-hydrogen) atoms. The fourth-order valence-corrected chi connectivity index (χ4v) is 2.03. The van der Waals surface area contributed by atoms with Gasteiger partial charge in [0.25, 0.3) is 5.91 Å². The van der Waals surface area contributed by atoms with Crippen molar-refractivity contribution in [2.75, 3.05) is 18.6 Å². The van der Waals surface area contributed by atoms with E-state index in [9.17, 15) is 13.2 Å². The molecule has 1 aromatic rings. The molecule has 0 fully saturated rings. The highest BCUT2D eigenvalue weighted by Gasteiger charge is 2.09. The second-order valence-corrected chi connectivity index (χ2v) is 6.38. The number of hydrogen-bond donors (Lipinski definition) is 1. The van der Waals surface area contributed by atoms with Crippen LogP contribution in [0.25, 0.3) is 0 Å². The van der Waals surface area contributed by atoms with Gasteiger partial charge in [-0.15, -0.1) is 0 Å². The third-order valence-corrected chi connectivity index (χ3v) is 3.23. The molecule has 0 saturated heterocycles. The van der Waals surface area contributed by atoms with E-state index in [1.54, 1.807) is 6.07 Å². The highest BCUT2D eigenvalue weighted by molar-refractivity contribution is 9.10. The number of furan rings is 1. The second kappa shape index (κ2) is 5.49. The molecule has 0 aromatic carbocycles. The molecule has 1 aromatic heterocycles. The Morgan fingerprint density at radius 3 is 2.69 bits per heavy atom. The maximum absolute atomic E-state index is 11.4. The van der Waals surface area contributed by atoms with Gasteiger partial charge in [-0.2, -0.15) is 0 Å². The van der Waals surface area contributed by atoms with Crippen LogP contribution in [0.2, 0.25) is 0 Å². The molecule has 0 radical (unpaired) electrons. The molecule has 0 aliphatic carbocycles. The Balaban J connectivity index is 2.31. The average molecular weight is 310 g/mol. The van der Waals surface area contributed by atoms with E-state index >= 15 is 0 Å². The van der Waals surface area contributed by atoms with Crippen LogP contribution in [-0.2, 0) is 9.84 Å². The Kier molecular flexibility index (Phi) is 4.55. The van der Waals surface area contributed by atoms with Crippen LogP contribution in [0.5, 0.6) is 0 Å². The molecule has 0 bridgehead atoms. The number of halogens is 1. The topological polar surface area (TPSA) is 76.4 Å². The van der Waals surface area contributed by atoms with Gasteiger partial charge >= 0.3 is 0 Å². The maximum atomic E-state index is 11.4. The van der Waals surface area contributed by atoms with Gasteiger partial charge in [0.1, 0.15) is 9.84 Å². The summed E-state index contributed by atoms with van der Waals surface area (Å²) in [6, 6.07) is 3.15. The highest BCUT2D eigenvalue weighted by Crippen LogP contribution is 2.13. The molecule has 7 heteroatoms. The van der Waals surface area contributed by atoms with E-state index in [2.05, 4.69) is 21.2 Å². The lowest BCUT2D eigenvalue weighted by molar-refractivity contribution is 0.0924. The molecule has 5 nitrogen and oxygen atoms in total. The van der Waals surface area contributed by atoms with Crippen molar-refractivity contribution in [1.82, 2.24) is 5.32 Å². The van der Waals surface area contributed by atoms with Crippen molar-refractivity contribution < 1.29 is 17.6 Å². The Morgan fingerprint density at radius 2 is 2.19 bits per heavy atom. The molecule has 0 atom stereocenters. The lowest BCUT2D eigenvalue weighted by Gasteiger charge is -2.01. The summed E-state index contributed by atoms with van der Waals surface area (Å²) in [6.45, 7) is 0.310. The van der Waals surface area contributed by atoms with Crippen LogP contribution in [0.3, 0.4) is 0 Å². The standard InChI is InChI=1S/C9H12BrNO4S/c1-16(13,14)6-2-5-11-9(12)7-3-4-8(10)15-7/h3-4H,2,5-6H2,1H3,(H,11,12). The highest BCUT2D eigenvalue weighted by atomic mass is 79.9. The first-order chi connectivity index (χ1) is 7.38. The summed E-state index contributed by atoms with van der Waals surface area (Å²) in [5.74, 6) is -0.0831. The number of amides is 1. The summed E-state index contributed by atoms with van der Waals surface area (Å²) in [6.07, 6.45) is 1.56. The Labute approximate surface area is 102 Å². The molecule has 1 rings (SSSR count). The van der Waals surface area contributed by atoms with Crippen LogP contribution >= 0.6 is 15.9 Å². The molecule has 0 spiro atoms. The second-order valence-electron chi connectivity index (χ2n) is 3.34. The molecular formula is C9H12BrNO4S. The lowest BCUT2D eigenvalue weighted by Crippen LogP contribution is -2.25. The molecule has 0 unspecified atom stereocenters. The molecule has 90 valence electrons. The van der Waals surface area contributed by atoms with Gasteiger partial charge in [-0.25, -0.2) is 8.42 Å². The van der Waals surface area contributed by atoms with Gasteiger partial charge in [0.15, 0.2) is 10.4 Å². The molecular weight excluding hydrogens is 298 g/mol. The summed E-state index contributed by atoms with van der Waals surface area (Å²) < 4.78 is 27.1. The first-order valence-corrected chi connectivity index (χ1v) is 7.45. The summed E-state index contributed by atoms with van der Waals surface area (Å²) >= 11 is 3.08. The molecule has 1 amide bonds. The Hall–Kier alpha value is -0.820. The average Bonchev–Trinajstić information content (AvgIpc) is 2.57. The summed E-state index contributed by atoms with van der Waals surface area (Å²) in [4.78, 5) is 11.4. The Morgan fingerprint density at radius 1 is 1.50 bits per heavy atom. The predicted molar refractivity (Wildman–Crippen MR) is 63.1 cm³/mol. The van der Waals surface area contributed by atoms with Gasteiger partial charge in [0.2, 0.25) is 0 Å². The fourth-order valence-electron chi connectivity index (χ4n) is 1.06. The predicted octanol–water partition coefficient (Wildman–Crippen LogP) is 1.21. The van der Waals surface area contributed by atoms with Crippen LogP contribution in [-0.4, -0.2) is 32.9 Å². The van der Waals surface area contributed by atoms with Crippen molar-refractivity contribution in [2.45, 2.75) is 6.42 Å². The number of rotatable bonds is 5. The maximum Gasteiger partial charge on any atom is 0.287 e. The van der Waals surface area contributed by atoms with E-state index in [0.717, 1.165) is 0 Å². The third-order valence-electron chi connectivity index (χ3n) is 1.77. The largest absolute Gasteiger partial charge is 0.444 e. The smallest absolute Gasteiger partial charge is 0.287 e. The fraction of sp³-hybridized carbons (Fsp3) is 0.444.